The minimum atomic E-state index is -0.571. The Kier molecular flexibility index (Phi) is 6.87. The van der Waals surface area contributed by atoms with E-state index in [0.717, 1.165) is 24.4 Å². The Hall–Kier alpha value is -3.47. The first kappa shape index (κ1) is 22.7. The number of hydrogen-bond donors (Lipinski definition) is 3. The number of anilines is 1. The van der Waals surface area contributed by atoms with Gasteiger partial charge in [-0.25, -0.2) is 24.1 Å². The lowest BCUT2D eigenvalue weighted by molar-refractivity contribution is -0.139. The summed E-state index contributed by atoms with van der Waals surface area (Å²) in [7, 11) is 1.26. The number of halogens is 2. The van der Waals surface area contributed by atoms with Gasteiger partial charge in [0, 0.05) is 43.0 Å². The van der Waals surface area contributed by atoms with E-state index in [0.29, 0.717) is 41.7 Å². The average molecular weight is 476 g/mol. The topological polar surface area (TPSA) is 125 Å². The van der Waals surface area contributed by atoms with Gasteiger partial charge in [0.15, 0.2) is 17.5 Å². The van der Waals surface area contributed by atoms with Crippen molar-refractivity contribution >= 4 is 40.5 Å². The first-order valence-electron chi connectivity index (χ1n) is 10.4. The van der Waals surface area contributed by atoms with Crippen LogP contribution in [0.1, 0.15) is 12.8 Å². The van der Waals surface area contributed by atoms with E-state index in [-0.39, 0.29) is 24.3 Å². The van der Waals surface area contributed by atoms with Crippen molar-refractivity contribution in [3.63, 3.8) is 0 Å². The number of fused-ring (bicyclic) bond motifs is 1. The number of nitrogens with zero attached hydrogens (tertiary/aromatic N) is 4. The van der Waals surface area contributed by atoms with Crippen LogP contribution in [0.3, 0.4) is 0 Å². The van der Waals surface area contributed by atoms with E-state index in [2.05, 4.69) is 35.3 Å². The molecule has 0 bridgehead atoms. The van der Waals surface area contributed by atoms with Crippen LogP contribution in [0.15, 0.2) is 24.7 Å². The van der Waals surface area contributed by atoms with Crippen LogP contribution in [0.4, 0.5) is 15.0 Å². The molecule has 174 valence electrons. The second kappa shape index (κ2) is 9.99. The maximum Gasteiger partial charge on any atom is 0.325 e. The first-order chi connectivity index (χ1) is 15.9. The van der Waals surface area contributed by atoms with E-state index in [1.54, 1.807) is 17.2 Å². The van der Waals surface area contributed by atoms with Crippen molar-refractivity contribution in [2.75, 3.05) is 38.6 Å². The van der Waals surface area contributed by atoms with Gasteiger partial charge < -0.3 is 25.3 Å². The van der Waals surface area contributed by atoms with Crippen LogP contribution in [-0.4, -0.2) is 70.1 Å². The summed E-state index contributed by atoms with van der Waals surface area (Å²) in [5.41, 5.74) is 1.29. The normalized spacial score (nSPS) is 16.0. The molecule has 3 aromatic rings. The van der Waals surface area contributed by atoms with Crippen LogP contribution >= 0.6 is 11.6 Å². The van der Waals surface area contributed by atoms with Crippen LogP contribution in [0, 0.1) is 11.7 Å². The summed E-state index contributed by atoms with van der Waals surface area (Å²) in [5.74, 6) is -0.574. The predicted octanol–water partition coefficient (Wildman–Crippen LogP) is 2.82. The molecule has 1 aliphatic heterocycles. The molecule has 0 aliphatic carbocycles. The molecule has 1 atom stereocenters. The Morgan fingerprint density at radius 3 is 3.03 bits per heavy atom. The Bertz CT molecular complexity index is 1170. The second-order valence-corrected chi connectivity index (χ2v) is 8.15. The number of likely N-dealkylation sites (tertiary alicyclic amines) is 1. The van der Waals surface area contributed by atoms with E-state index in [4.69, 9.17) is 11.6 Å². The SMILES string of the molecule is COC(=O)CNC(=O)N1CCC[C@H](CNc2nc(-c3c[nH]c4ncc(Cl)cc34)ncc2F)C1. The van der Waals surface area contributed by atoms with Crippen molar-refractivity contribution < 1.29 is 18.7 Å². The Labute approximate surface area is 193 Å². The van der Waals surface area contributed by atoms with Crippen molar-refractivity contribution in [2.45, 2.75) is 12.8 Å². The third-order valence-electron chi connectivity index (χ3n) is 5.46. The highest BCUT2D eigenvalue weighted by molar-refractivity contribution is 6.31. The minimum Gasteiger partial charge on any atom is -0.468 e. The van der Waals surface area contributed by atoms with E-state index in [9.17, 15) is 14.0 Å². The van der Waals surface area contributed by atoms with Gasteiger partial charge in [-0.1, -0.05) is 11.6 Å². The van der Waals surface area contributed by atoms with Crippen molar-refractivity contribution in [1.82, 2.24) is 30.2 Å². The average Bonchev–Trinajstić information content (AvgIpc) is 3.25. The van der Waals surface area contributed by atoms with Crippen LogP contribution in [0.25, 0.3) is 22.4 Å². The summed E-state index contributed by atoms with van der Waals surface area (Å²) in [6, 6.07) is 1.42. The molecule has 0 saturated carbocycles. The lowest BCUT2D eigenvalue weighted by Crippen LogP contribution is -2.47. The number of carbonyl (C=O) groups excluding carboxylic acids is 2. The fraction of sp³-hybridized carbons (Fsp3) is 0.381. The van der Waals surface area contributed by atoms with Crippen molar-refractivity contribution in [1.29, 1.82) is 0 Å². The maximum atomic E-state index is 14.4. The fourth-order valence-corrected chi connectivity index (χ4v) is 3.93. The Balaban J connectivity index is 1.41. The summed E-state index contributed by atoms with van der Waals surface area (Å²) in [5, 5.41) is 6.81. The Morgan fingerprint density at radius 2 is 2.21 bits per heavy atom. The van der Waals surface area contributed by atoms with Gasteiger partial charge in [0.2, 0.25) is 0 Å². The number of aromatic amines is 1. The highest BCUT2D eigenvalue weighted by Crippen LogP contribution is 2.28. The molecule has 0 radical (unpaired) electrons. The van der Waals surface area contributed by atoms with E-state index < -0.39 is 11.8 Å². The van der Waals surface area contributed by atoms with Crippen LogP contribution in [-0.2, 0) is 9.53 Å². The molecule has 33 heavy (non-hydrogen) atoms. The number of ether oxygens (including phenoxy) is 1. The monoisotopic (exact) mass is 475 g/mol. The second-order valence-electron chi connectivity index (χ2n) is 7.71. The zero-order valence-corrected chi connectivity index (χ0v) is 18.7. The van der Waals surface area contributed by atoms with Gasteiger partial charge in [-0.2, -0.15) is 0 Å². The number of piperidine rings is 1. The summed E-state index contributed by atoms with van der Waals surface area (Å²) in [6.07, 6.45) is 6.04. The number of rotatable bonds is 6. The molecule has 10 nitrogen and oxygen atoms in total. The quantitative estimate of drug-likeness (QED) is 0.468. The molecule has 2 amide bonds. The van der Waals surface area contributed by atoms with E-state index in [1.807, 2.05) is 0 Å². The number of methoxy groups -OCH3 is 1. The molecule has 3 N–H and O–H groups in total. The molecule has 0 spiro atoms. The summed E-state index contributed by atoms with van der Waals surface area (Å²) in [4.78, 5) is 40.9. The summed E-state index contributed by atoms with van der Waals surface area (Å²) >= 11 is 6.06. The molecule has 0 aromatic carbocycles. The number of pyridine rings is 1. The number of aromatic nitrogens is 4. The molecular weight excluding hydrogens is 453 g/mol. The van der Waals surface area contributed by atoms with Gasteiger partial charge in [-0.15, -0.1) is 0 Å². The minimum absolute atomic E-state index is 0.0802. The largest absolute Gasteiger partial charge is 0.468 e. The molecule has 3 aromatic heterocycles. The van der Waals surface area contributed by atoms with Crippen molar-refractivity contribution in [3.05, 3.63) is 35.5 Å². The molecule has 1 aliphatic rings. The zero-order valence-electron chi connectivity index (χ0n) is 17.9. The lowest BCUT2D eigenvalue weighted by Gasteiger charge is -2.32. The number of esters is 1. The van der Waals surface area contributed by atoms with Crippen molar-refractivity contribution in [3.8, 4) is 11.4 Å². The maximum absolute atomic E-state index is 14.4. The van der Waals surface area contributed by atoms with Gasteiger partial charge in [-0.05, 0) is 24.8 Å². The lowest BCUT2D eigenvalue weighted by atomic mass is 9.98. The first-order valence-corrected chi connectivity index (χ1v) is 10.8. The van der Waals surface area contributed by atoms with Crippen LogP contribution < -0.4 is 10.6 Å². The number of amides is 2. The van der Waals surface area contributed by atoms with Gasteiger partial charge in [0.1, 0.15) is 12.2 Å². The zero-order chi connectivity index (χ0) is 23.4. The van der Waals surface area contributed by atoms with Gasteiger partial charge >= 0.3 is 12.0 Å². The molecule has 0 unspecified atom stereocenters. The van der Waals surface area contributed by atoms with Gasteiger partial charge in [0.25, 0.3) is 0 Å². The molecular formula is C21H23ClFN7O3. The third kappa shape index (κ3) is 5.30. The number of urea groups is 1. The van der Waals surface area contributed by atoms with Gasteiger partial charge in [-0.3, -0.25) is 4.79 Å². The molecule has 1 fully saturated rings. The predicted molar refractivity (Wildman–Crippen MR) is 120 cm³/mol. The molecule has 12 heteroatoms. The molecule has 4 rings (SSSR count). The highest BCUT2D eigenvalue weighted by atomic mass is 35.5. The fourth-order valence-electron chi connectivity index (χ4n) is 3.77. The number of carbonyl (C=O) groups is 2. The molecule has 4 heterocycles. The smallest absolute Gasteiger partial charge is 0.325 e. The van der Waals surface area contributed by atoms with E-state index >= 15 is 0 Å². The number of nitrogens with one attached hydrogen (secondary N) is 3. The highest BCUT2D eigenvalue weighted by Gasteiger charge is 2.24. The number of hydrogen-bond acceptors (Lipinski definition) is 7. The summed E-state index contributed by atoms with van der Waals surface area (Å²) in [6.45, 7) is 1.31. The van der Waals surface area contributed by atoms with Gasteiger partial charge in [0.05, 0.1) is 18.3 Å². The van der Waals surface area contributed by atoms with Crippen molar-refractivity contribution in [2.24, 2.45) is 5.92 Å². The van der Waals surface area contributed by atoms with Crippen LogP contribution in [0.5, 0.6) is 0 Å². The summed E-state index contributed by atoms with van der Waals surface area (Å²) < 4.78 is 18.9. The van der Waals surface area contributed by atoms with E-state index in [1.165, 1.54) is 13.3 Å². The standard InChI is InChI=1S/C21H23ClFN7O3/c1-33-17(31)10-28-21(32)30-4-2-3-12(11-30)6-24-20-16(23)9-27-19(29-20)15-8-26-18-14(15)5-13(22)7-25-18/h5,7-9,12H,2-4,6,10-11H2,1H3,(H,25,26)(H,28,32)(H,24,27,29)/t12-/m1/s1. The van der Waals surface area contributed by atoms with Crippen LogP contribution in [0.2, 0.25) is 5.02 Å². The Morgan fingerprint density at radius 1 is 1.36 bits per heavy atom. The molecule has 1 saturated heterocycles. The number of H-pyrrole nitrogens is 1. The third-order valence-corrected chi connectivity index (χ3v) is 5.67.